The summed E-state index contributed by atoms with van der Waals surface area (Å²) < 4.78 is 0. The van der Waals surface area contributed by atoms with Crippen LogP contribution < -0.4 is 0 Å². The maximum absolute atomic E-state index is 12.0. The van der Waals surface area contributed by atoms with Crippen LogP contribution in [0.4, 0.5) is 0 Å². The molecule has 98 valence electrons. The number of hydrogen-bond donors (Lipinski definition) is 0. The van der Waals surface area contributed by atoms with E-state index in [2.05, 4.69) is 15.0 Å². The Hall–Kier alpha value is -2.40. The Morgan fingerprint density at radius 3 is 2.60 bits per heavy atom. The van der Waals surface area contributed by atoms with Gasteiger partial charge in [0.2, 0.25) is 0 Å². The van der Waals surface area contributed by atoms with Gasteiger partial charge in [0.15, 0.2) is 5.78 Å². The standard InChI is InChI=1S/C15H11N3OS/c19-14(15-9-16-10-20-15)7-11-4-5-13(18-8-11)12-3-1-2-6-17-12/h1-6,8-10H,7H2. The fraction of sp³-hybridized carbons (Fsp3) is 0.0667. The van der Waals surface area contributed by atoms with Gasteiger partial charge in [-0.1, -0.05) is 12.1 Å². The molecule has 0 aliphatic heterocycles. The van der Waals surface area contributed by atoms with Gasteiger partial charge < -0.3 is 0 Å². The van der Waals surface area contributed by atoms with Crippen LogP contribution in [0.2, 0.25) is 0 Å². The lowest BCUT2D eigenvalue weighted by molar-refractivity contribution is 0.0996. The Morgan fingerprint density at radius 2 is 1.95 bits per heavy atom. The predicted octanol–water partition coefficient (Wildman–Crippen LogP) is 3.03. The summed E-state index contributed by atoms with van der Waals surface area (Å²) in [6.07, 6.45) is 5.40. The van der Waals surface area contributed by atoms with Crippen molar-refractivity contribution in [1.82, 2.24) is 15.0 Å². The van der Waals surface area contributed by atoms with E-state index in [0.29, 0.717) is 11.3 Å². The topological polar surface area (TPSA) is 55.7 Å². The smallest absolute Gasteiger partial charge is 0.178 e. The highest BCUT2D eigenvalue weighted by Gasteiger charge is 2.09. The van der Waals surface area contributed by atoms with Crippen LogP contribution in [0.15, 0.2) is 54.4 Å². The Balaban J connectivity index is 1.75. The Kier molecular flexibility index (Phi) is 3.60. The van der Waals surface area contributed by atoms with Gasteiger partial charge in [-0.15, -0.1) is 11.3 Å². The third-order valence-electron chi connectivity index (χ3n) is 2.82. The first kappa shape index (κ1) is 12.6. The molecule has 4 nitrogen and oxygen atoms in total. The van der Waals surface area contributed by atoms with Crippen LogP contribution in [0, 0.1) is 0 Å². The van der Waals surface area contributed by atoms with Crippen molar-refractivity contribution in [2.75, 3.05) is 0 Å². The minimum absolute atomic E-state index is 0.0693. The minimum atomic E-state index is 0.0693. The first-order valence-corrected chi connectivity index (χ1v) is 6.99. The molecule has 0 N–H and O–H groups in total. The lowest BCUT2D eigenvalue weighted by atomic mass is 10.1. The quantitative estimate of drug-likeness (QED) is 0.690. The van der Waals surface area contributed by atoms with E-state index in [0.717, 1.165) is 17.0 Å². The molecule has 3 heterocycles. The van der Waals surface area contributed by atoms with Crippen LogP contribution in [0.3, 0.4) is 0 Å². The highest BCUT2D eigenvalue weighted by atomic mass is 32.1. The van der Waals surface area contributed by atoms with Crippen molar-refractivity contribution in [3.8, 4) is 11.4 Å². The van der Waals surface area contributed by atoms with Crippen LogP contribution in [0.5, 0.6) is 0 Å². The van der Waals surface area contributed by atoms with Crippen LogP contribution in [-0.4, -0.2) is 20.7 Å². The number of nitrogens with zero attached hydrogens (tertiary/aromatic N) is 3. The van der Waals surface area contributed by atoms with Crippen molar-refractivity contribution in [2.45, 2.75) is 6.42 Å². The van der Waals surface area contributed by atoms with Crippen LogP contribution in [0.25, 0.3) is 11.4 Å². The van der Waals surface area contributed by atoms with Gasteiger partial charge >= 0.3 is 0 Å². The van der Waals surface area contributed by atoms with Gasteiger partial charge in [0.25, 0.3) is 0 Å². The van der Waals surface area contributed by atoms with Gasteiger partial charge in [-0.3, -0.25) is 19.7 Å². The lowest BCUT2D eigenvalue weighted by Gasteiger charge is -2.02. The number of pyridine rings is 2. The summed E-state index contributed by atoms with van der Waals surface area (Å²) in [5.74, 6) is 0.0693. The molecule has 5 heteroatoms. The zero-order chi connectivity index (χ0) is 13.8. The normalized spacial score (nSPS) is 10.4. The van der Waals surface area contributed by atoms with Crippen molar-refractivity contribution in [3.05, 3.63) is 64.9 Å². The molecule has 20 heavy (non-hydrogen) atoms. The maximum atomic E-state index is 12.0. The molecule has 0 fully saturated rings. The lowest BCUT2D eigenvalue weighted by Crippen LogP contribution is -2.01. The molecule has 0 unspecified atom stereocenters. The summed E-state index contributed by atoms with van der Waals surface area (Å²) in [7, 11) is 0. The second kappa shape index (κ2) is 5.71. The molecule has 0 aromatic carbocycles. The molecule has 0 radical (unpaired) electrons. The van der Waals surface area contributed by atoms with Gasteiger partial charge in [0.05, 0.1) is 21.8 Å². The molecule has 0 amide bonds. The second-order valence-corrected chi connectivity index (χ2v) is 5.12. The summed E-state index contributed by atoms with van der Waals surface area (Å²) >= 11 is 1.36. The van der Waals surface area contributed by atoms with E-state index >= 15 is 0 Å². The summed E-state index contributed by atoms with van der Waals surface area (Å²) in [6, 6.07) is 9.49. The van der Waals surface area contributed by atoms with Gasteiger partial charge in [-0.05, 0) is 23.8 Å². The van der Waals surface area contributed by atoms with Crippen molar-refractivity contribution in [2.24, 2.45) is 0 Å². The molecule has 0 spiro atoms. The molecular formula is C15H11N3OS. The van der Waals surface area contributed by atoms with Crippen LogP contribution in [-0.2, 0) is 6.42 Å². The molecule has 0 aliphatic carbocycles. The van der Waals surface area contributed by atoms with Crippen molar-refractivity contribution in [1.29, 1.82) is 0 Å². The third-order valence-corrected chi connectivity index (χ3v) is 3.64. The van der Waals surface area contributed by atoms with Gasteiger partial charge in [-0.25, -0.2) is 0 Å². The number of Topliss-reactive ketones (excluding diaryl/α,β-unsaturated/α-hetero) is 1. The second-order valence-electron chi connectivity index (χ2n) is 4.23. The highest BCUT2D eigenvalue weighted by Crippen LogP contribution is 2.15. The van der Waals surface area contributed by atoms with E-state index in [1.807, 2.05) is 30.3 Å². The number of thiazole rings is 1. The van der Waals surface area contributed by atoms with Gasteiger partial charge in [0.1, 0.15) is 0 Å². The number of ketones is 1. The fourth-order valence-corrected chi connectivity index (χ4v) is 2.38. The number of carbonyl (C=O) groups is 1. The van der Waals surface area contributed by atoms with E-state index < -0.39 is 0 Å². The van der Waals surface area contributed by atoms with E-state index in [1.54, 1.807) is 24.1 Å². The molecule has 0 bridgehead atoms. The molecule has 3 aromatic rings. The number of hydrogen-bond acceptors (Lipinski definition) is 5. The Bertz CT molecular complexity index is 694. The molecule has 0 aliphatic rings. The number of carbonyl (C=O) groups excluding carboxylic acids is 1. The highest BCUT2D eigenvalue weighted by molar-refractivity contribution is 7.11. The zero-order valence-electron chi connectivity index (χ0n) is 10.6. The molecule has 0 saturated heterocycles. The third kappa shape index (κ3) is 2.78. The summed E-state index contributed by atoms with van der Waals surface area (Å²) in [6.45, 7) is 0. The first-order chi connectivity index (χ1) is 9.83. The van der Waals surface area contributed by atoms with Crippen LogP contribution >= 0.6 is 11.3 Å². The van der Waals surface area contributed by atoms with Crippen molar-refractivity contribution < 1.29 is 4.79 Å². The molecule has 0 saturated carbocycles. The Morgan fingerprint density at radius 1 is 1.05 bits per heavy atom. The molecule has 3 rings (SSSR count). The fourth-order valence-electron chi connectivity index (χ4n) is 1.82. The first-order valence-electron chi connectivity index (χ1n) is 6.11. The zero-order valence-corrected chi connectivity index (χ0v) is 11.4. The SMILES string of the molecule is O=C(Cc1ccc(-c2ccccn2)nc1)c1cncs1. The molecular weight excluding hydrogens is 270 g/mol. The average molecular weight is 281 g/mol. The van der Waals surface area contributed by atoms with E-state index in [4.69, 9.17) is 0 Å². The van der Waals surface area contributed by atoms with Crippen molar-refractivity contribution in [3.63, 3.8) is 0 Å². The minimum Gasteiger partial charge on any atom is -0.293 e. The maximum Gasteiger partial charge on any atom is 0.178 e. The summed E-state index contributed by atoms with van der Waals surface area (Å²) in [5, 5.41) is 0. The van der Waals surface area contributed by atoms with E-state index in [9.17, 15) is 4.79 Å². The molecule has 3 aromatic heterocycles. The predicted molar refractivity (Wildman–Crippen MR) is 77.6 cm³/mol. The van der Waals surface area contributed by atoms with E-state index in [1.165, 1.54) is 11.3 Å². The molecule has 0 atom stereocenters. The Labute approximate surface area is 120 Å². The van der Waals surface area contributed by atoms with Gasteiger partial charge in [0, 0.05) is 25.0 Å². The number of aromatic nitrogens is 3. The number of rotatable bonds is 4. The average Bonchev–Trinajstić information content (AvgIpc) is 3.03. The van der Waals surface area contributed by atoms with E-state index in [-0.39, 0.29) is 5.78 Å². The largest absolute Gasteiger partial charge is 0.293 e. The van der Waals surface area contributed by atoms with Crippen molar-refractivity contribution >= 4 is 17.1 Å². The monoisotopic (exact) mass is 281 g/mol. The van der Waals surface area contributed by atoms with Gasteiger partial charge in [-0.2, -0.15) is 0 Å². The summed E-state index contributed by atoms with van der Waals surface area (Å²) in [4.78, 5) is 25.2. The van der Waals surface area contributed by atoms with Crippen LogP contribution in [0.1, 0.15) is 15.2 Å². The summed E-state index contributed by atoms with van der Waals surface area (Å²) in [5.41, 5.74) is 4.19.